The van der Waals surface area contributed by atoms with E-state index < -0.39 is 12.1 Å². The molecule has 1 unspecified atom stereocenters. The zero-order valence-electron chi connectivity index (χ0n) is 17.7. The Kier molecular flexibility index (Phi) is 6.04. The van der Waals surface area contributed by atoms with E-state index in [-0.39, 0.29) is 18.6 Å². The highest BCUT2D eigenvalue weighted by molar-refractivity contribution is 7.10. The number of rotatable bonds is 6. The number of anilines is 1. The average Bonchev–Trinajstić information content (AvgIpc) is 3.20. The molecule has 1 aliphatic rings. The van der Waals surface area contributed by atoms with E-state index in [1.807, 2.05) is 41.8 Å². The third-order valence-corrected chi connectivity index (χ3v) is 5.72. The Labute approximate surface area is 185 Å². The van der Waals surface area contributed by atoms with Gasteiger partial charge in [-0.25, -0.2) is 4.98 Å². The Bertz CT molecular complexity index is 1090. The minimum atomic E-state index is -0.665. The molecule has 2 aromatic carbocycles. The van der Waals surface area contributed by atoms with Gasteiger partial charge in [0.1, 0.15) is 12.3 Å². The summed E-state index contributed by atoms with van der Waals surface area (Å²) in [5.41, 5.74) is 3.45. The van der Waals surface area contributed by atoms with Gasteiger partial charge in [0, 0.05) is 17.4 Å². The maximum atomic E-state index is 12.7. The molecule has 0 N–H and O–H groups in total. The third-order valence-electron chi connectivity index (χ3n) is 4.87. The Morgan fingerprint density at radius 1 is 1.23 bits per heavy atom. The highest BCUT2D eigenvalue weighted by atomic mass is 32.1. The lowest BCUT2D eigenvalue weighted by Crippen LogP contribution is -2.47. The Morgan fingerprint density at radius 2 is 2.00 bits per heavy atom. The summed E-state index contributed by atoms with van der Waals surface area (Å²) in [7, 11) is 0. The quantitative estimate of drug-likeness (QED) is 0.534. The monoisotopic (exact) mass is 436 g/mol. The number of hydrogen-bond donors (Lipinski definition) is 0. The number of ether oxygens (including phenoxy) is 2. The maximum absolute atomic E-state index is 12.7. The highest BCUT2D eigenvalue weighted by Gasteiger charge is 2.33. The second-order valence-electron chi connectivity index (χ2n) is 7.69. The van der Waals surface area contributed by atoms with E-state index in [0.29, 0.717) is 11.4 Å². The molecule has 1 aromatic heterocycles. The summed E-state index contributed by atoms with van der Waals surface area (Å²) in [6, 6.07) is 15.8. The lowest BCUT2D eigenvalue weighted by atomic mass is 10.1. The first-order chi connectivity index (χ1) is 14.9. The van der Waals surface area contributed by atoms with E-state index in [0.717, 1.165) is 22.7 Å². The van der Waals surface area contributed by atoms with Crippen LogP contribution in [-0.2, 0) is 20.7 Å². The van der Waals surface area contributed by atoms with Gasteiger partial charge in [0.05, 0.1) is 22.5 Å². The summed E-state index contributed by atoms with van der Waals surface area (Å²) in [6.45, 7) is 5.08. The van der Waals surface area contributed by atoms with Gasteiger partial charge in [-0.1, -0.05) is 30.3 Å². The number of carbonyl (C=O) groups is 2. The van der Waals surface area contributed by atoms with E-state index in [2.05, 4.69) is 12.1 Å². The van der Waals surface area contributed by atoms with E-state index in [1.165, 1.54) is 10.5 Å². The molecule has 1 atom stereocenters. The molecule has 0 aliphatic carbocycles. The van der Waals surface area contributed by atoms with Crippen molar-refractivity contribution in [3.8, 4) is 17.0 Å². The number of aromatic nitrogens is 1. The smallest absolute Gasteiger partial charge is 0.326 e. The minimum Gasteiger partial charge on any atom is -0.479 e. The molecule has 0 radical (unpaired) electrons. The summed E-state index contributed by atoms with van der Waals surface area (Å²) in [5, 5.41) is 3.02. The summed E-state index contributed by atoms with van der Waals surface area (Å²) in [5.74, 6) is -0.158. The maximum Gasteiger partial charge on any atom is 0.326 e. The van der Waals surface area contributed by atoms with Crippen molar-refractivity contribution in [2.75, 3.05) is 11.4 Å². The van der Waals surface area contributed by atoms with Crippen LogP contribution in [0, 0.1) is 0 Å². The molecule has 6 nitrogen and oxygen atoms in total. The molecule has 0 saturated heterocycles. The average molecular weight is 437 g/mol. The molecule has 4 rings (SSSR count). The molecule has 7 heteroatoms. The normalized spacial score (nSPS) is 15.5. The van der Waals surface area contributed by atoms with Crippen LogP contribution in [-0.4, -0.2) is 35.6 Å². The zero-order valence-corrected chi connectivity index (χ0v) is 18.5. The molecule has 1 amide bonds. The van der Waals surface area contributed by atoms with Crippen LogP contribution in [0.5, 0.6) is 5.75 Å². The van der Waals surface area contributed by atoms with Crippen LogP contribution in [0.4, 0.5) is 5.69 Å². The molecule has 160 valence electrons. The highest BCUT2D eigenvalue weighted by Crippen LogP contribution is 2.38. The Hall–Kier alpha value is -3.19. The van der Waals surface area contributed by atoms with Crippen molar-refractivity contribution in [2.45, 2.75) is 39.4 Å². The predicted molar refractivity (Wildman–Crippen MR) is 120 cm³/mol. The SMILES string of the molecule is CC(C)OC(=O)CN1C(=O)C(C)Oc2ccc(-c3csc(Cc4ccccc4)n3)cc21. The fourth-order valence-corrected chi connectivity index (χ4v) is 4.29. The standard InChI is InChI=1S/C24H24N2O4S/c1-15(2)29-23(27)13-26-20-12-18(9-10-21(20)30-16(3)24(26)28)19-14-31-22(25-19)11-17-7-5-4-6-8-17/h4-10,12,14-16H,11,13H2,1-3H3. The van der Waals surface area contributed by atoms with Gasteiger partial charge < -0.3 is 9.47 Å². The molecule has 0 saturated carbocycles. The second-order valence-corrected chi connectivity index (χ2v) is 8.64. The zero-order chi connectivity index (χ0) is 22.0. The van der Waals surface area contributed by atoms with Gasteiger partial charge in [-0.05, 0) is 44.5 Å². The summed E-state index contributed by atoms with van der Waals surface area (Å²) in [6.07, 6.45) is -0.144. The van der Waals surface area contributed by atoms with Crippen molar-refractivity contribution < 1.29 is 19.1 Å². The van der Waals surface area contributed by atoms with Gasteiger partial charge in [0.15, 0.2) is 6.10 Å². The molecule has 31 heavy (non-hydrogen) atoms. The predicted octanol–water partition coefficient (Wildman–Crippen LogP) is 4.47. The van der Waals surface area contributed by atoms with Gasteiger partial charge in [0.2, 0.25) is 0 Å². The van der Waals surface area contributed by atoms with Gasteiger partial charge in [-0.15, -0.1) is 11.3 Å². The van der Waals surface area contributed by atoms with E-state index in [4.69, 9.17) is 14.5 Å². The number of fused-ring (bicyclic) bond motifs is 1. The largest absolute Gasteiger partial charge is 0.479 e. The first-order valence-corrected chi connectivity index (χ1v) is 11.1. The van der Waals surface area contributed by atoms with Crippen LogP contribution in [0.15, 0.2) is 53.9 Å². The molecule has 2 heterocycles. The Balaban J connectivity index is 1.61. The number of benzene rings is 2. The van der Waals surface area contributed by atoms with Crippen molar-refractivity contribution >= 4 is 28.9 Å². The van der Waals surface area contributed by atoms with Crippen LogP contribution in [0.25, 0.3) is 11.3 Å². The number of amides is 1. The third kappa shape index (κ3) is 4.77. The lowest BCUT2D eigenvalue weighted by Gasteiger charge is -2.32. The van der Waals surface area contributed by atoms with E-state index in [1.54, 1.807) is 32.1 Å². The summed E-state index contributed by atoms with van der Waals surface area (Å²) >= 11 is 1.60. The summed E-state index contributed by atoms with van der Waals surface area (Å²) in [4.78, 5) is 31.2. The van der Waals surface area contributed by atoms with Crippen molar-refractivity contribution in [1.29, 1.82) is 0 Å². The van der Waals surface area contributed by atoms with Gasteiger partial charge in [0.25, 0.3) is 5.91 Å². The summed E-state index contributed by atoms with van der Waals surface area (Å²) < 4.78 is 11.0. The molecular formula is C24H24N2O4S. The van der Waals surface area contributed by atoms with Crippen LogP contribution in [0.1, 0.15) is 31.3 Å². The van der Waals surface area contributed by atoms with Crippen LogP contribution < -0.4 is 9.64 Å². The molecular weight excluding hydrogens is 412 g/mol. The fourth-order valence-electron chi connectivity index (χ4n) is 3.45. The number of esters is 1. The van der Waals surface area contributed by atoms with E-state index >= 15 is 0 Å². The van der Waals surface area contributed by atoms with Gasteiger partial charge in [-0.3, -0.25) is 14.5 Å². The molecule has 0 fully saturated rings. The minimum absolute atomic E-state index is 0.155. The lowest BCUT2D eigenvalue weighted by molar-refractivity contribution is -0.146. The number of thiazole rings is 1. The van der Waals surface area contributed by atoms with Crippen molar-refractivity contribution in [3.63, 3.8) is 0 Å². The Morgan fingerprint density at radius 3 is 2.74 bits per heavy atom. The van der Waals surface area contributed by atoms with Crippen LogP contribution >= 0.6 is 11.3 Å². The second kappa shape index (κ2) is 8.89. The first-order valence-electron chi connectivity index (χ1n) is 10.2. The first kappa shape index (κ1) is 21.1. The van der Waals surface area contributed by atoms with Gasteiger partial charge >= 0.3 is 5.97 Å². The number of hydrogen-bond acceptors (Lipinski definition) is 6. The molecule has 3 aromatic rings. The van der Waals surface area contributed by atoms with Crippen LogP contribution in [0.3, 0.4) is 0 Å². The molecule has 0 spiro atoms. The van der Waals surface area contributed by atoms with E-state index in [9.17, 15) is 9.59 Å². The topological polar surface area (TPSA) is 68.7 Å². The molecule has 1 aliphatic heterocycles. The van der Waals surface area contributed by atoms with Gasteiger partial charge in [-0.2, -0.15) is 0 Å². The van der Waals surface area contributed by atoms with Crippen molar-refractivity contribution in [3.05, 3.63) is 64.5 Å². The van der Waals surface area contributed by atoms with Crippen molar-refractivity contribution in [1.82, 2.24) is 4.98 Å². The molecule has 0 bridgehead atoms. The number of carbonyl (C=O) groups excluding carboxylic acids is 2. The number of nitrogens with zero attached hydrogens (tertiary/aromatic N) is 2. The fraction of sp³-hybridized carbons (Fsp3) is 0.292. The van der Waals surface area contributed by atoms with Crippen molar-refractivity contribution in [2.24, 2.45) is 0 Å². The van der Waals surface area contributed by atoms with Crippen LogP contribution in [0.2, 0.25) is 0 Å².